The van der Waals surface area contributed by atoms with Crippen LogP contribution < -0.4 is 10.2 Å². The largest absolute Gasteiger partial charge is 0.463 e. The van der Waals surface area contributed by atoms with E-state index < -0.39 is 17.8 Å². The summed E-state index contributed by atoms with van der Waals surface area (Å²) in [5, 5.41) is 2.89. The summed E-state index contributed by atoms with van der Waals surface area (Å²) in [6.07, 6.45) is -0.114. The van der Waals surface area contributed by atoms with Crippen molar-refractivity contribution in [2.45, 2.75) is 34.1 Å². The predicted octanol–water partition coefficient (Wildman–Crippen LogP) is 4.13. The van der Waals surface area contributed by atoms with Crippen LogP contribution in [0.3, 0.4) is 0 Å². The first-order chi connectivity index (χ1) is 14.3. The number of hydrogen-bond acceptors (Lipinski definition) is 4. The lowest BCUT2D eigenvalue weighted by molar-refractivity contribution is -0.141. The van der Waals surface area contributed by atoms with Gasteiger partial charge in [0.05, 0.1) is 18.1 Å². The van der Waals surface area contributed by atoms with E-state index in [4.69, 9.17) is 4.74 Å². The second kappa shape index (κ2) is 8.95. The Hall–Kier alpha value is -3.41. The molecule has 1 aliphatic rings. The average Bonchev–Trinajstić information content (AvgIpc) is 2.71. The van der Waals surface area contributed by atoms with Crippen LogP contribution in [0.4, 0.5) is 11.4 Å². The second-order valence-electron chi connectivity index (χ2n) is 7.35. The lowest BCUT2D eigenvalue weighted by Gasteiger charge is -2.33. The Balaban J connectivity index is 2.01. The van der Waals surface area contributed by atoms with Gasteiger partial charge in [0.15, 0.2) is 0 Å². The number of para-hydroxylation sites is 1. The molecule has 1 aliphatic heterocycles. The predicted molar refractivity (Wildman–Crippen MR) is 116 cm³/mol. The number of amides is 2. The zero-order valence-corrected chi connectivity index (χ0v) is 17.7. The van der Waals surface area contributed by atoms with Crippen LogP contribution >= 0.6 is 0 Å². The molecule has 1 heterocycles. The molecule has 30 heavy (non-hydrogen) atoms. The number of allylic oxidation sites excluding steroid dienone is 1. The van der Waals surface area contributed by atoms with Gasteiger partial charge in [0.25, 0.3) is 0 Å². The molecule has 3 rings (SSSR count). The van der Waals surface area contributed by atoms with E-state index in [9.17, 15) is 14.4 Å². The molecule has 1 atom stereocenters. The third-order valence-corrected chi connectivity index (χ3v) is 5.18. The summed E-state index contributed by atoms with van der Waals surface area (Å²) in [7, 11) is 0. The molecule has 0 aliphatic carbocycles. The normalized spacial score (nSPS) is 16.5. The van der Waals surface area contributed by atoms with Crippen LogP contribution in [0.5, 0.6) is 0 Å². The van der Waals surface area contributed by atoms with Crippen molar-refractivity contribution in [3.63, 3.8) is 0 Å². The quantitative estimate of drug-likeness (QED) is 0.758. The first kappa shape index (κ1) is 21.3. The number of carbonyl (C=O) groups excluding carboxylic acids is 3. The number of esters is 1. The molecule has 6 heteroatoms. The van der Waals surface area contributed by atoms with Crippen molar-refractivity contribution in [2.24, 2.45) is 5.92 Å². The van der Waals surface area contributed by atoms with Crippen molar-refractivity contribution < 1.29 is 19.1 Å². The number of ether oxygens (including phenoxy) is 1. The lowest BCUT2D eigenvalue weighted by Crippen LogP contribution is -2.43. The van der Waals surface area contributed by atoms with Crippen LogP contribution in [-0.2, 0) is 19.1 Å². The van der Waals surface area contributed by atoms with E-state index in [-0.39, 0.29) is 24.5 Å². The number of nitrogens with zero attached hydrogens (tertiary/aromatic N) is 1. The molecule has 6 nitrogen and oxygen atoms in total. The number of rotatable bonds is 5. The molecule has 0 saturated heterocycles. The van der Waals surface area contributed by atoms with Crippen molar-refractivity contribution >= 4 is 29.2 Å². The topological polar surface area (TPSA) is 75.7 Å². The minimum atomic E-state index is -0.920. The minimum Gasteiger partial charge on any atom is -0.463 e. The minimum absolute atomic E-state index is 0.114. The zero-order valence-electron chi connectivity index (χ0n) is 17.7. The van der Waals surface area contributed by atoms with Gasteiger partial charge in [-0.15, -0.1) is 0 Å². The van der Waals surface area contributed by atoms with Crippen LogP contribution in [0.15, 0.2) is 59.8 Å². The fraction of sp³-hybridized carbons (Fsp3) is 0.292. The van der Waals surface area contributed by atoms with Gasteiger partial charge < -0.3 is 10.1 Å². The Morgan fingerprint density at radius 1 is 1.10 bits per heavy atom. The van der Waals surface area contributed by atoms with Gasteiger partial charge in [-0.25, -0.2) is 4.79 Å². The summed E-state index contributed by atoms with van der Waals surface area (Å²) in [6.45, 7) is 7.40. The fourth-order valence-corrected chi connectivity index (χ4v) is 3.66. The van der Waals surface area contributed by atoms with Crippen molar-refractivity contribution in [3.8, 4) is 0 Å². The van der Waals surface area contributed by atoms with Gasteiger partial charge in [0.2, 0.25) is 11.8 Å². The summed E-state index contributed by atoms with van der Waals surface area (Å²) in [4.78, 5) is 40.4. The van der Waals surface area contributed by atoms with Crippen molar-refractivity contribution in [1.29, 1.82) is 0 Å². The van der Waals surface area contributed by atoms with Gasteiger partial charge in [0.1, 0.15) is 0 Å². The number of nitrogens with one attached hydrogen (secondary N) is 1. The smallest absolute Gasteiger partial charge is 0.336 e. The Morgan fingerprint density at radius 3 is 2.47 bits per heavy atom. The van der Waals surface area contributed by atoms with Gasteiger partial charge >= 0.3 is 5.97 Å². The Kier molecular flexibility index (Phi) is 6.35. The monoisotopic (exact) mass is 406 g/mol. The maximum absolute atomic E-state index is 13.2. The van der Waals surface area contributed by atoms with Gasteiger partial charge in [-0.2, -0.15) is 0 Å². The van der Waals surface area contributed by atoms with E-state index in [1.165, 1.54) is 4.90 Å². The first-order valence-electron chi connectivity index (χ1n) is 9.97. The molecular formula is C24H26N2O4. The standard InChI is InChI=1S/C24H26N2O4/c1-5-30-24(29)22-17(4)26(18-9-7-6-8-10-18)21(27)14-19(22)23(28)25-20-13-15(2)11-12-16(20)3/h6-13,19H,5,14H2,1-4H3,(H,25,28). The van der Waals surface area contributed by atoms with Crippen molar-refractivity contribution in [1.82, 2.24) is 0 Å². The molecule has 0 saturated carbocycles. The zero-order chi connectivity index (χ0) is 21.8. The van der Waals surface area contributed by atoms with Gasteiger partial charge in [-0.05, 0) is 57.0 Å². The third kappa shape index (κ3) is 4.27. The Bertz CT molecular complexity index is 1010. The SMILES string of the molecule is CCOC(=O)C1=C(C)N(c2ccccc2)C(=O)CC1C(=O)Nc1cc(C)ccc1C. The molecule has 2 aromatic rings. The van der Waals surface area contributed by atoms with E-state index in [1.807, 2.05) is 50.2 Å². The van der Waals surface area contributed by atoms with Gasteiger partial charge in [-0.1, -0.05) is 30.3 Å². The molecule has 0 aromatic heterocycles. The maximum atomic E-state index is 13.2. The number of anilines is 2. The van der Waals surface area contributed by atoms with Crippen LogP contribution in [0.1, 0.15) is 31.4 Å². The highest BCUT2D eigenvalue weighted by molar-refractivity contribution is 6.10. The van der Waals surface area contributed by atoms with Crippen LogP contribution in [0.25, 0.3) is 0 Å². The number of carbonyl (C=O) groups is 3. The van der Waals surface area contributed by atoms with Gasteiger partial charge in [-0.3, -0.25) is 14.5 Å². The molecule has 1 unspecified atom stereocenters. The Morgan fingerprint density at radius 2 is 1.80 bits per heavy atom. The summed E-state index contributed by atoms with van der Waals surface area (Å²) in [6, 6.07) is 14.8. The van der Waals surface area contributed by atoms with E-state index >= 15 is 0 Å². The van der Waals surface area contributed by atoms with Crippen LogP contribution in [-0.4, -0.2) is 24.4 Å². The summed E-state index contributed by atoms with van der Waals surface area (Å²) < 4.78 is 5.23. The fourth-order valence-electron chi connectivity index (χ4n) is 3.66. The summed E-state index contributed by atoms with van der Waals surface area (Å²) >= 11 is 0. The lowest BCUT2D eigenvalue weighted by atomic mass is 9.88. The highest BCUT2D eigenvalue weighted by atomic mass is 16.5. The molecule has 2 aromatic carbocycles. The van der Waals surface area contributed by atoms with Crippen molar-refractivity contribution in [2.75, 3.05) is 16.8 Å². The molecule has 0 radical (unpaired) electrons. The summed E-state index contributed by atoms with van der Waals surface area (Å²) in [5.74, 6) is -2.14. The number of aryl methyl sites for hydroxylation is 2. The van der Waals surface area contributed by atoms with Crippen LogP contribution in [0.2, 0.25) is 0 Å². The van der Waals surface area contributed by atoms with E-state index in [2.05, 4.69) is 5.32 Å². The third-order valence-electron chi connectivity index (χ3n) is 5.18. The second-order valence-corrected chi connectivity index (χ2v) is 7.35. The van der Waals surface area contributed by atoms with E-state index in [0.29, 0.717) is 17.1 Å². The number of benzene rings is 2. The highest BCUT2D eigenvalue weighted by Crippen LogP contribution is 2.34. The average molecular weight is 406 g/mol. The molecular weight excluding hydrogens is 380 g/mol. The highest BCUT2D eigenvalue weighted by Gasteiger charge is 2.40. The molecule has 2 amide bonds. The van der Waals surface area contributed by atoms with E-state index in [0.717, 1.165) is 11.1 Å². The maximum Gasteiger partial charge on any atom is 0.336 e. The van der Waals surface area contributed by atoms with Crippen LogP contribution in [0, 0.1) is 19.8 Å². The Labute approximate surface area is 176 Å². The van der Waals surface area contributed by atoms with E-state index in [1.54, 1.807) is 26.0 Å². The van der Waals surface area contributed by atoms with Crippen molar-refractivity contribution in [3.05, 3.63) is 70.9 Å². The molecule has 156 valence electrons. The number of hydrogen-bond donors (Lipinski definition) is 1. The summed E-state index contributed by atoms with van der Waals surface area (Å²) in [5.41, 5.74) is 3.85. The van der Waals surface area contributed by atoms with Gasteiger partial charge in [0, 0.05) is 23.5 Å². The molecule has 0 spiro atoms. The molecule has 0 fully saturated rings. The molecule has 0 bridgehead atoms. The molecule has 1 N–H and O–H groups in total. The first-order valence-corrected chi connectivity index (χ1v) is 9.97.